The van der Waals surface area contributed by atoms with Crippen LogP contribution in [0, 0.1) is 11.6 Å². The molecule has 1 aliphatic heterocycles. The van der Waals surface area contributed by atoms with E-state index < -0.39 is 17.5 Å². The number of hydrogen-bond acceptors (Lipinski definition) is 3. The van der Waals surface area contributed by atoms with Crippen LogP contribution in [-0.4, -0.2) is 17.6 Å². The Morgan fingerprint density at radius 1 is 1.22 bits per heavy atom. The third-order valence-corrected chi connectivity index (χ3v) is 4.02. The van der Waals surface area contributed by atoms with E-state index in [4.69, 9.17) is 4.42 Å². The first-order valence-corrected chi connectivity index (χ1v) is 7.04. The molecule has 2 aromatic carbocycles. The average Bonchev–Trinajstić information content (AvgIpc) is 3.12. The number of nitrogens with zero attached hydrogens (tertiary/aromatic N) is 1. The van der Waals surface area contributed by atoms with Gasteiger partial charge in [0.2, 0.25) is 0 Å². The first-order chi connectivity index (χ1) is 11.0. The highest BCUT2D eigenvalue weighted by Gasteiger charge is 2.30. The van der Waals surface area contributed by atoms with Crippen LogP contribution in [0.4, 0.5) is 14.5 Å². The fraction of sp³-hybridized carbons (Fsp3) is 0.118. The molecule has 0 saturated heterocycles. The number of hydrogen-bond donors (Lipinski definition) is 1. The van der Waals surface area contributed by atoms with E-state index in [0.717, 1.165) is 6.07 Å². The summed E-state index contributed by atoms with van der Waals surface area (Å²) < 4.78 is 32.5. The maximum atomic E-state index is 14.1. The monoisotopic (exact) mass is 315 g/mol. The third kappa shape index (κ3) is 2.06. The van der Waals surface area contributed by atoms with Gasteiger partial charge in [-0.15, -0.1) is 0 Å². The molecule has 6 heteroatoms. The maximum Gasteiger partial charge on any atom is 0.258 e. The second kappa shape index (κ2) is 4.81. The largest absolute Gasteiger partial charge is 0.507 e. The van der Waals surface area contributed by atoms with Gasteiger partial charge in [0, 0.05) is 18.2 Å². The minimum absolute atomic E-state index is 0.0846. The fourth-order valence-electron chi connectivity index (χ4n) is 2.99. The Balaban J connectivity index is 1.79. The van der Waals surface area contributed by atoms with Crippen molar-refractivity contribution in [2.24, 2.45) is 0 Å². The molecule has 0 bridgehead atoms. The summed E-state index contributed by atoms with van der Waals surface area (Å²) in [6.45, 7) is 0.255. The first kappa shape index (κ1) is 13.8. The van der Waals surface area contributed by atoms with Crippen molar-refractivity contribution in [1.29, 1.82) is 0 Å². The van der Waals surface area contributed by atoms with E-state index >= 15 is 0 Å². The van der Waals surface area contributed by atoms with Crippen molar-refractivity contribution >= 4 is 22.6 Å². The zero-order chi connectivity index (χ0) is 16.1. The minimum atomic E-state index is -0.769. The Labute approximate surface area is 129 Å². The lowest BCUT2D eigenvalue weighted by atomic mass is 10.1. The number of phenols is 1. The number of rotatable bonds is 1. The van der Waals surface area contributed by atoms with Crippen molar-refractivity contribution in [2.45, 2.75) is 6.42 Å². The number of anilines is 1. The van der Waals surface area contributed by atoms with E-state index in [1.807, 2.05) is 0 Å². The van der Waals surface area contributed by atoms with Crippen LogP contribution >= 0.6 is 0 Å². The minimum Gasteiger partial charge on any atom is -0.507 e. The number of halogens is 2. The molecule has 3 aromatic rings. The molecule has 2 heterocycles. The molecule has 0 radical (unpaired) electrons. The molecule has 0 atom stereocenters. The average molecular weight is 315 g/mol. The molecule has 23 heavy (non-hydrogen) atoms. The number of carbonyl (C=O) groups excluding carboxylic acids is 1. The molecule has 4 rings (SSSR count). The van der Waals surface area contributed by atoms with Gasteiger partial charge in [0.05, 0.1) is 17.3 Å². The van der Waals surface area contributed by atoms with Gasteiger partial charge >= 0.3 is 0 Å². The van der Waals surface area contributed by atoms with Crippen molar-refractivity contribution in [3.63, 3.8) is 0 Å². The number of aromatic hydroxyl groups is 1. The van der Waals surface area contributed by atoms with Crippen LogP contribution in [0.1, 0.15) is 15.9 Å². The zero-order valence-electron chi connectivity index (χ0n) is 11.8. The molecular weight excluding hydrogens is 304 g/mol. The molecule has 0 unspecified atom stereocenters. The van der Waals surface area contributed by atoms with E-state index in [1.165, 1.54) is 29.4 Å². The van der Waals surface area contributed by atoms with Gasteiger partial charge in [0.15, 0.2) is 0 Å². The molecule has 1 aromatic heterocycles. The van der Waals surface area contributed by atoms with Gasteiger partial charge < -0.3 is 14.4 Å². The molecular formula is C17H11F2NO3. The van der Waals surface area contributed by atoms with E-state index in [1.54, 1.807) is 6.07 Å². The number of amides is 1. The van der Waals surface area contributed by atoms with Crippen molar-refractivity contribution in [2.75, 3.05) is 11.4 Å². The van der Waals surface area contributed by atoms with Gasteiger partial charge in [0.25, 0.3) is 5.91 Å². The van der Waals surface area contributed by atoms with Crippen LogP contribution in [0.2, 0.25) is 0 Å². The number of carbonyl (C=O) groups is 1. The van der Waals surface area contributed by atoms with Crippen molar-refractivity contribution < 1.29 is 23.1 Å². The Kier molecular flexibility index (Phi) is 2.87. The lowest BCUT2D eigenvalue weighted by Gasteiger charge is -2.18. The number of benzene rings is 2. The maximum absolute atomic E-state index is 14.1. The fourth-order valence-corrected chi connectivity index (χ4v) is 2.99. The second-order valence-corrected chi connectivity index (χ2v) is 5.43. The third-order valence-electron chi connectivity index (χ3n) is 4.02. The lowest BCUT2D eigenvalue weighted by Crippen LogP contribution is -2.29. The Morgan fingerprint density at radius 2 is 2.04 bits per heavy atom. The Bertz CT molecular complexity index is 948. The molecule has 1 N–H and O–H groups in total. The van der Waals surface area contributed by atoms with Gasteiger partial charge in [-0.1, -0.05) is 0 Å². The summed E-state index contributed by atoms with van der Waals surface area (Å²) in [6, 6.07) is 6.40. The summed E-state index contributed by atoms with van der Waals surface area (Å²) in [5.74, 6) is -1.99. The Hall–Kier alpha value is -2.89. The predicted octanol–water partition coefficient (Wildman–Crippen LogP) is 3.62. The van der Waals surface area contributed by atoms with Crippen LogP contribution in [0.3, 0.4) is 0 Å². The summed E-state index contributed by atoms with van der Waals surface area (Å²) in [7, 11) is 0. The van der Waals surface area contributed by atoms with E-state index in [-0.39, 0.29) is 23.5 Å². The van der Waals surface area contributed by atoms with Crippen LogP contribution < -0.4 is 4.90 Å². The normalized spacial score (nSPS) is 13.6. The zero-order valence-corrected chi connectivity index (χ0v) is 11.8. The molecule has 1 aliphatic rings. The van der Waals surface area contributed by atoms with Crippen molar-refractivity contribution in [3.8, 4) is 5.75 Å². The van der Waals surface area contributed by atoms with Gasteiger partial charge in [-0.25, -0.2) is 8.78 Å². The SMILES string of the molecule is O=C(c1cc(O)c2ccoc2c1)N1CCc2cc(F)cc(F)c21. The summed E-state index contributed by atoms with van der Waals surface area (Å²) in [4.78, 5) is 13.9. The quantitative estimate of drug-likeness (QED) is 0.746. The van der Waals surface area contributed by atoms with Gasteiger partial charge in [0.1, 0.15) is 23.0 Å². The molecule has 116 valence electrons. The van der Waals surface area contributed by atoms with Crippen LogP contribution in [-0.2, 0) is 6.42 Å². The molecule has 0 saturated carbocycles. The first-order valence-electron chi connectivity index (χ1n) is 7.04. The van der Waals surface area contributed by atoms with Gasteiger partial charge in [-0.05, 0) is 36.2 Å². The van der Waals surface area contributed by atoms with Crippen LogP contribution in [0.15, 0.2) is 41.0 Å². The van der Waals surface area contributed by atoms with Gasteiger partial charge in [-0.3, -0.25) is 4.79 Å². The van der Waals surface area contributed by atoms with E-state index in [0.29, 0.717) is 23.0 Å². The molecule has 0 aliphatic carbocycles. The van der Waals surface area contributed by atoms with Crippen LogP contribution in [0.25, 0.3) is 11.0 Å². The highest BCUT2D eigenvalue weighted by Crippen LogP contribution is 2.34. The second-order valence-electron chi connectivity index (χ2n) is 5.43. The van der Waals surface area contributed by atoms with Gasteiger partial charge in [-0.2, -0.15) is 0 Å². The number of phenolic OH excluding ortho intramolecular Hbond substituents is 1. The topological polar surface area (TPSA) is 53.7 Å². The molecule has 4 nitrogen and oxygen atoms in total. The molecule has 0 spiro atoms. The lowest BCUT2D eigenvalue weighted by molar-refractivity contribution is 0.0988. The van der Waals surface area contributed by atoms with Crippen molar-refractivity contribution in [3.05, 3.63) is 59.4 Å². The highest BCUT2D eigenvalue weighted by atomic mass is 19.1. The smallest absolute Gasteiger partial charge is 0.258 e. The number of furan rings is 1. The van der Waals surface area contributed by atoms with E-state index in [2.05, 4.69) is 0 Å². The van der Waals surface area contributed by atoms with Crippen LogP contribution in [0.5, 0.6) is 5.75 Å². The predicted molar refractivity (Wildman–Crippen MR) is 79.6 cm³/mol. The summed E-state index contributed by atoms with van der Waals surface area (Å²) in [6.07, 6.45) is 1.79. The molecule has 0 fully saturated rings. The van der Waals surface area contributed by atoms with E-state index in [9.17, 15) is 18.7 Å². The van der Waals surface area contributed by atoms with Crippen molar-refractivity contribution in [1.82, 2.24) is 0 Å². The molecule has 1 amide bonds. The standard InChI is InChI=1S/C17H11F2NO3/c18-11-5-9-1-3-20(16(9)13(19)8-11)17(22)10-6-14(21)12-2-4-23-15(12)7-10/h2,4-8,21H,1,3H2. The summed E-state index contributed by atoms with van der Waals surface area (Å²) >= 11 is 0. The highest BCUT2D eigenvalue weighted by molar-refractivity contribution is 6.09. The summed E-state index contributed by atoms with van der Waals surface area (Å²) in [5.41, 5.74) is 1.10. The Morgan fingerprint density at radius 3 is 2.87 bits per heavy atom. The number of fused-ring (bicyclic) bond motifs is 2. The summed E-state index contributed by atoms with van der Waals surface area (Å²) in [5, 5.41) is 10.5.